The molecule has 0 saturated carbocycles. The lowest BCUT2D eigenvalue weighted by atomic mass is 9.90. The zero-order valence-corrected chi connectivity index (χ0v) is 11.6. The van der Waals surface area contributed by atoms with Crippen molar-refractivity contribution in [3.8, 4) is 0 Å². The molecule has 3 nitrogen and oxygen atoms in total. The van der Waals surface area contributed by atoms with Crippen LogP contribution in [0.3, 0.4) is 0 Å². The van der Waals surface area contributed by atoms with Gasteiger partial charge in [-0.3, -0.25) is 0 Å². The average Bonchev–Trinajstić information content (AvgIpc) is 2.34. The van der Waals surface area contributed by atoms with Crippen LogP contribution in [0, 0.1) is 17.6 Å². The Morgan fingerprint density at radius 3 is 2.47 bits per heavy atom. The van der Waals surface area contributed by atoms with Crippen molar-refractivity contribution in [2.75, 3.05) is 19.3 Å². The fraction of sp³-hybridized carbons (Fsp3) is 0.538. The van der Waals surface area contributed by atoms with E-state index >= 15 is 0 Å². The van der Waals surface area contributed by atoms with E-state index < -0.39 is 26.4 Å². The third-order valence-electron chi connectivity index (χ3n) is 3.50. The average molecular weight is 289 g/mol. The Morgan fingerprint density at radius 1 is 1.26 bits per heavy atom. The van der Waals surface area contributed by atoms with E-state index in [1.807, 2.05) is 0 Å². The predicted octanol–water partition coefficient (Wildman–Crippen LogP) is 1.91. The van der Waals surface area contributed by atoms with Gasteiger partial charge in [0.1, 0.15) is 16.5 Å². The normalized spacial score (nSPS) is 17.6. The third-order valence-corrected chi connectivity index (χ3v) is 4.62. The van der Waals surface area contributed by atoms with Crippen LogP contribution in [0.1, 0.15) is 18.4 Å². The maximum Gasteiger partial charge on any atom is 0.178 e. The van der Waals surface area contributed by atoms with Crippen LogP contribution in [-0.2, 0) is 16.3 Å². The molecule has 1 aromatic carbocycles. The molecule has 0 aromatic heterocycles. The van der Waals surface area contributed by atoms with Crippen LogP contribution in [-0.4, -0.2) is 27.8 Å². The number of halogens is 2. The highest BCUT2D eigenvalue weighted by Gasteiger charge is 2.23. The fourth-order valence-electron chi connectivity index (χ4n) is 2.42. The van der Waals surface area contributed by atoms with E-state index in [1.165, 1.54) is 0 Å². The van der Waals surface area contributed by atoms with Crippen LogP contribution in [0.15, 0.2) is 17.0 Å². The van der Waals surface area contributed by atoms with Gasteiger partial charge in [0.25, 0.3) is 0 Å². The van der Waals surface area contributed by atoms with Crippen molar-refractivity contribution in [1.82, 2.24) is 5.32 Å². The molecule has 1 aliphatic heterocycles. The first-order valence-electron chi connectivity index (χ1n) is 6.27. The molecule has 0 bridgehead atoms. The second-order valence-electron chi connectivity index (χ2n) is 5.01. The van der Waals surface area contributed by atoms with Crippen LogP contribution in [0.25, 0.3) is 0 Å². The number of nitrogens with one attached hydrogen (secondary N) is 1. The second-order valence-corrected chi connectivity index (χ2v) is 6.99. The minimum absolute atomic E-state index is 0.102. The van der Waals surface area contributed by atoms with Crippen molar-refractivity contribution in [2.24, 2.45) is 5.92 Å². The lowest BCUT2D eigenvalue weighted by molar-refractivity contribution is 0.362. The molecular weight excluding hydrogens is 272 g/mol. The van der Waals surface area contributed by atoms with Crippen LogP contribution < -0.4 is 5.32 Å². The number of piperidine rings is 1. The zero-order chi connectivity index (χ0) is 14.0. The number of hydrogen-bond donors (Lipinski definition) is 1. The van der Waals surface area contributed by atoms with Crippen LogP contribution in [0.2, 0.25) is 0 Å². The molecule has 0 spiro atoms. The minimum Gasteiger partial charge on any atom is -0.317 e. The van der Waals surface area contributed by atoms with Crippen molar-refractivity contribution in [1.29, 1.82) is 0 Å². The molecule has 1 N–H and O–H groups in total. The first-order valence-corrected chi connectivity index (χ1v) is 8.16. The topological polar surface area (TPSA) is 46.2 Å². The molecule has 0 amide bonds. The molecule has 0 unspecified atom stereocenters. The van der Waals surface area contributed by atoms with Gasteiger partial charge in [0.15, 0.2) is 9.84 Å². The van der Waals surface area contributed by atoms with E-state index in [4.69, 9.17) is 0 Å². The van der Waals surface area contributed by atoms with E-state index in [0.717, 1.165) is 44.3 Å². The summed E-state index contributed by atoms with van der Waals surface area (Å²) in [6.45, 7) is 1.67. The highest BCUT2D eigenvalue weighted by molar-refractivity contribution is 7.90. The number of benzene rings is 1. The summed E-state index contributed by atoms with van der Waals surface area (Å²) < 4.78 is 50.7. The Kier molecular flexibility index (Phi) is 4.20. The molecule has 6 heteroatoms. The SMILES string of the molecule is CS(=O)(=O)c1ccc(F)c(CC2CCNCC2)c1F. The fourth-order valence-corrected chi connectivity index (χ4v) is 3.19. The number of rotatable bonds is 3. The third kappa shape index (κ3) is 3.30. The highest BCUT2D eigenvalue weighted by atomic mass is 32.2. The Balaban J connectivity index is 2.33. The van der Waals surface area contributed by atoms with E-state index in [9.17, 15) is 17.2 Å². The Labute approximate surface area is 111 Å². The number of sulfone groups is 1. The monoisotopic (exact) mass is 289 g/mol. The van der Waals surface area contributed by atoms with Gasteiger partial charge in [-0.25, -0.2) is 17.2 Å². The summed E-state index contributed by atoms with van der Waals surface area (Å²) in [5.74, 6) is -1.40. The molecule has 19 heavy (non-hydrogen) atoms. The Hall–Kier alpha value is -1.01. The minimum atomic E-state index is -3.67. The van der Waals surface area contributed by atoms with E-state index in [-0.39, 0.29) is 17.9 Å². The van der Waals surface area contributed by atoms with Crippen LogP contribution >= 0.6 is 0 Å². The van der Waals surface area contributed by atoms with Gasteiger partial charge in [-0.15, -0.1) is 0 Å². The summed E-state index contributed by atoms with van der Waals surface area (Å²) in [7, 11) is -3.67. The van der Waals surface area contributed by atoms with Crippen molar-refractivity contribution < 1.29 is 17.2 Å². The van der Waals surface area contributed by atoms with Crippen LogP contribution in [0.4, 0.5) is 8.78 Å². The maximum atomic E-state index is 14.1. The van der Waals surface area contributed by atoms with Gasteiger partial charge in [-0.2, -0.15) is 0 Å². The lowest BCUT2D eigenvalue weighted by Crippen LogP contribution is -2.29. The van der Waals surface area contributed by atoms with Gasteiger partial charge in [0.2, 0.25) is 0 Å². The molecular formula is C13H17F2NO2S. The standard InChI is InChI=1S/C13H17F2NO2S/c1-19(17,18)12-3-2-11(14)10(13(12)15)8-9-4-6-16-7-5-9/h2-3,9,16H,4-8H2,1H3. The van der Waals surface area contributed by atoms with Crippen molar-refractivity contribution >= 4 is 9.84 Å². The summed E-state index contributed by atoms with van der Waals surface area (Å²) in [4.78, 5) is -0.419. The van der Waals surface area contributed by atoms with Gasteiger partial charge in [0, 0.05) is 11.8 Å². The summed E-state index contributed by atoms with van der Waals surface area (Å²) in [6.07, 6.45) is 2.88. The quantitative estimate of drug-likeness (QED) is 0.865. The van der Waals surface area contributed by atoms with Crippen molar-refractivity contribution in [3.63, 3.8) is 0 Å². The van der Waals surface area contributed by atoms with Gasteiger partial charge >= 0.3 is 0 Å². The molecule has 0 aliphatic carbocycles. The summed E-state index contributed by atoms with van der Waals surface area (Å²) in [5.41, 5.74) is -0.102. The van der Waals surface area contributed by atoms with Crippen LogP contribution in [0.5, 0.6) is 0 Å². The molecule has 0 radical (unpaired) electrons. The second kappa shape index (κ2) is 5.54. The highest BCUT2D eigenvalue weighted by Crippen LogP contribution is 2.26. The summed E-state index contributed by atoms with van der Waals surface area (Å²) in [5, 5.41) is 3.18. The Morgan fingerprint density at radius 2 is 1.89 bits per heavy atom. The summed E-state index contributed by atoms with van der Waals surface area (Å²) in [6, 6.07) is 2.03. The van der Waals surface area contributed by atoms with E-state index in [1.54, 1.807) is 0 Å². The molecule has 1 saturated heterocycles. The molecule has 106 valence electrons. The smallest absolute Gasteiger partial charge is 0.178 e. The first kappa shape index (κ1) is 14.4. The maximum absolute atomic E-state index is 14.1. The van der Waals surface area contributed by atoms with Gasteiger partial charge < -0.3 is 5.32 Å². The van der Waals surface area contributed by atoms with Gasteiger partial charge in [0.05, 0.1) is 0 Å². The molecule has 1 heterocycles. The van der Waals surface area contributed by atoms with E-state index in [0.29, 0.717) is 0 Å². The Bertz CT molecular complexity index is 566. The van der Waals surface area contributed by atoms with Crippen molar-refractivity contribution in [3.05, 3.63) is 29.3 Å². The van der Waals surface area contributed by atoms with Gasteiger partial charge in [-0.05, 0) is 50.4 Å². The number of hydrogen-bond acceptors (Lipinski definition) is 3. The van der Waals surface area contributed by atoms with Gasteiger partial charge in [-0.1, -0.05) is 0 Å². The molecule has 2 rings (SSSR count). The molecule has 0 atom stereocenters. The molecule has 1 fully saturated rings. The summed E-state index contributed by atoms with van der Waals surface area (Å²) >= 11 is 0. The van der Waals surface area contributed by atoms with E-state index in [2.05, 4.69) is 5.32 Å². The molecule has 1 aromatic rings. The predicted molar refractivity (Wildman–Crippen MR) is 68.8 cm³/mol. The first-order chi connectivity index (χ1) is 8.89. The lowest BCUT2D eigenvalue weighted by Gasteiger charge is -2.23. The zero-order valence-electron chi connectivity index (χ0n) is 10.7. The molecule has 1 aliphatic rings. The van der Waals surface area contributed by atoms with Crippen molar-refractivity contribution in [2.45, 2.75) is 24.2 Å². The largest absolute Gasteiger partial charge is 0.317 e.